The van der Waals surface area contributed by atoms with E-state index in [0.29, 0.717) is 0 Å². The van der Waals surface area contributed by atoms with E-state index in [9.17, 15) is 33.6 Å². The minimum atomic E-state index is -1.63. The highest BCUT2D eigenvalue weighted by atomic mass is 16.8. The lowest BCUT2D eigenvalue weighted by molar-refractivity contribution is -0.313. The molecule has 49 heavy (non-hydrogen) atoms. The maximum atomic E-state index is 12.5. The summed E-state index contributed by atoms with van der Waals surface area (Å²) in [6.07, 6.45) is -13.2. The van der Waals surface area contributed by atoms with Crippen molar-refractivity contribution in [2.45, 2.75) is 96.9 Å². The van der Waals surface area contributed by atoms with Crippen molar-refractivity contribution >= 4 is 41.8 Å². The zero-order chi connectivity index (χ0) is 36.4. The molecule has 2 saturated heterocycles. The van der Waals surface area contributed by atoms with Gasteiger partial charge in [0.05, 0.1) is 20.3 Å². The van der Waals surface area contributed by atoms with Crippen molar-refractivity contribution in [3.8, 4) is 5.75 Å². The number of carbonyl (C=O) groups is 7. The summed E-state index contributed by atoms with van der Waals surface area (Å²) in [7, 11) is 1.16. The maximum Gasteiger partial charge on any atom is 0.341 e. The second-order valence-corrected chi connectivity index (χ2v) is 10.7. The summed E-state index contributed by atoms with van der Waals surface area (Å²) in [5, 5.41) is 0. The van der Waals surface area contributed by atoms with Crippen LogP contribution in [0.4, 0.5) is 0 Å². The topological polar surface area (TPSA) is 221 Å². The Balaban J connectivity index is 2.02. The molecule has 0 unspecified atom stereocenters. The molecular weight excluding hydrogens is 660 g/mol. The van der Waals surface area contributed by atoms with Gasteiger partial charge in [-0.3, -0.25) is 28.8 Å². The molecule has 0 bridgehead atoms. The quantitative estimate of drug-likeness (QED) is 0.215. The number of hydrogen-bond donors (Lipinski definition) is 0. The molecule has 9 atom stereocenters. The van der Waals surface area contributed by atoms with Crippen molar-refractivity contribution in [2.75, 3.05) is 20.3 Å². The Morgan fingerprint density at radius 3 is 1.67 bits per heavy atom. The van der Waals surface area contributed by atoms with E-state index in [1.165, 1.54) is 24.3 Å². The fourth-order valence-corrected chi connectivity index (χ4v) is 5.10. The van der Waals surface area contributed by atoms with E-state index >= 15 is 0 Å². The Morgan fingerprint density at radius 1 is 0.633 bits per heavy atom. The summed E-state index contributed by atoms with van der Waals surface area (Å²) in [5.41, 5.74) is -0.0344. The molecule has 2 heterocycles. The van der Waals surface area contributed by atoms with Gasteiger partial charge in [-0.05, 0) is 12.1 Å². The van der Waals surface area contributed by atoms with E-state index in [1.807, 2.05) is 0 Å². The van der Waals surface area contributed by atoms with E-state index in [4.69, 9.17) is 52.1 Å². The van der Waals surface area contributed by atoms with Gasteiger partial charge in [-0.15, -0.1) is 0 Å². The lowest BCUT2D eigenvalue weighted by Crippen LogP contribution is -2.64. The molecule has 3 rings (SSSR count). The molecule has 0 aliphatic carbocycles. The van der Waals surface area contributed by atoms with Gasteiger partial charge in [0.15, 0.2) is 36.8 Å². The normalized spacial score (nSPS) is 27.8. The molecule has 2 fully saturated rings. The van der Waals surface area contributed by atoms with Gasteiger partial charge in [-0.2, -0.15) is 0 Å². The lowest BCUT2D eigenvalue weighted by atomic mass is 9.98. The van der Waals surface area contributed by atoms with Crippen LogP contribution in [0.3, 0.4) is 0 Å². The standard InChI is InChI=1S/C31H38O18/c1-14(32)42-22-12-40-30(27(46-18(5)36)25(22)44-16(3)34)41-13-23-24(43-15(2)33)26(45-17(4)35)28(47-19(6)37)31(49-23)48-21-11-9-8-10-20(21)29(38)39-7/h8-11,22-28,30-31H,12-13H2,1-7H3/t22-,23+,24+,25-,26-,27+,28+,30-,31+/m0/s1. The maximum absolute atomic E-state index is 12.5. The van der Waals surface area contributed by atoms with Crippen molar-refractivity contribution < 1.29 is 85.7 Å². The van der Waals surface area contributed by atoms with Crippen molar-refractivity contribution in [1.29, 1.82) is 0 Å². The highest BCUT2D eigenvalue weighted by molar-refractivity contribution is 5.92. The minimum absolute atomic E-state index is 0.0344. The van der Waals surface area contributed by atoms with Crippen molar-refractivity contribution in [1.82, 2.24) is 0 Å². The van der Waals surface area contributed by atoms with Crippen molar-refractivity contribution in [3.63, 3.8) is 0 Å². The first-order valence-electron chi connectivity index (χ1n) is 14.9. The second kappa shape index (κ2) is 17.5. The monoisotopic (exact) mass is 698 g/mol. The second-order valence-electron chi connectivity index (χ2n) is 10.7. The Kier molecular flexibility index (Phi) is 13.8. The molecular formula is C31H38O18. The van der Waals surface area contributed by atoms with Crippen LogP contribution in [0, 0.1) is 0 Å². The van der Waals surface area contributed by atoms with Gasteiger partial charge >= 0.3 is 41.8 Å². The van der Waals surface area contributed by atoms with Crippen LogP contribution in [0.2, 0.25) is 0 Å². The van der Waals surface area contributed by atoms with E-state index in [2.05, 4.69) is 0 Å². The molecule has 0 saturated carbocycles. The number of hydrogen-bond acceptors (Lipinski definition) is 18. The zero-order valence-corrected chi connectivity index (χ0v) is 27.8. The first kappa shape index (κ1) is 38.6. The van der Waals surface area contributed by atoms with Crippen LogP contribution in [0.25, 0.3) is 0 Å². The van der Waals surface area contributed by atoms with Gasteiger partial charge in [0.25, 0.3) is 0 Å². The van der Waals surface area contributed by atoms with Gasteiger partial charge in [-0.25, -0.2) is 4.79 Å². The highest BCUT2D eigenvalue weighted by Crippen LogP contribution is 2.33. The van der Waals surface area contributed by atoms with Gasteiger partial charge < -0.3 is 52.1 Å². The number of benzene rings is 1. The fraction of sp³-hybridized carbons (Fsp3) is 0.581. The molecule has 0 amide bonds. The van der Waals surface area contributed by atoms with Gasteiger partial charge in [-0.1, -0.05) is 12.1 Å². The van der Waals surface area contributed by atoms with Gasteiger partial charge in [0.2, 0.25) is 12.4 Å². The average Bonchev–Trinajstić information content (AvgIpc) is 3.00. The summed E-state index contributed by atoms with van der Waals surface area (Å²) < 4.78 is 60.9. The van der Waals surface area contributed by atoms with Crippen LogP contribution >= 0.6 is 0 Å². The number of para-hydroxylation sites is 1. The van der Waals surface area contributed by atoms with Gasteiger partial charge in [0, 0.05) is 41.5 Å². The van der Waals surface area contributed by atoms with E-state index in [-0.39, 0.29) is 17.9 Å². The average molecular weight is 699 g/mol. The number of rotatable bonds is 12. The first-order chi connectivity index (χ1) is 23.1. The third-order valence-corrected chi connectivity index (χ3v) is 6.76. The minimum Gasteiger partial charge on any atom is -0.465 e. The molecule has 1 aromatic carbocycles. The van der Waals surface area contributed by atoms with E-state index < -0.39 is 104 Å². The van der Waals surface area contributed by atoms with Crippen LogP contribution in [-0.4, -0.2) is 117 Å². The number of carbonyl (C=O) groups excluding carboxylic acids is 7. The fourth-order valence-electron chi connectivity index (χ4n) is 5.10. The number of methoxy groups -OCH3 is 1. The van der Waals surface area contributed by atoms with Crippen molar-refractivity contribution in [2.24, 2.45) is 0 Å². The molecule has 0 aromatic heterocycles. The summed E-state index contributed by atoms with van der Waals surface area (Å²) in [6.45, 7) is 5.55. The number of ether oxygens (including phenoxy) is 11. The molecule has 18 nitrogen and oxygen atoms in total. The summed E-state index contributed by atoms with van der Waals surface area (Å²) in [6, 6.07) is 5.88. The largest absolute Gasteiger partial charge is 0.465 e. The number of esters is 7. The third kappa shape index (κ3) is 10.8. The van der Waals surface area contributed by atoms with Crippen molar-refractivity contribution in [3.05, 3.63) is 29.8 Å². The summed E-state index contributed by atoms with van der Waals surface area (Å²) in [4.78, 5) is 85.0. The first-order valence-corrected chi connectivity index (χ1v) is 14.9. The van der Waals surface area contributed by atoms with Crippen LogP contribution < -0.4 is 4.74 Å². The molecule has 1 aromatic rings. The van der Waals surface area contributed by atoms with Crippen LogP contribution in [0.15, 0.2) is 24.3 Å². The highest BCUT2D eigenvalue weighted by Gasteiger charge is 2.54. The third-order valence-electron chi connectivity index (χ3n) is 6.76. The molecule has 2 aliphatic rings. The SMILES string of the molecule is COC(=O)c1ccccc1O[C@@H]1O[C@H](CO[C@@H]2OC[C@H](OC(C)=O)[C@H](OC(C)=O)[C@H]2OC(C)=O)[C@@H](OC(C)=O)[C@H](OC(C)=O)[C@H]1OC(C)=O. The molecule has 2 aliphatic heterocycles. The Labute approximate surface area is 280 Å². The Morgan fingerprint density at radius 2 is 1.12 bits per heavy atom. The van der Waals surface area contributed by atoms with Crippen LogP contribution in [0.5, 0.6) is 5.75 Å². The Bertz CT molecular complexity index is 1390. The molecule has 18 heteroatoms. The summed E-state index contributed by atoms with van der Waals surface area (Å²) >= 11 is 0. The van der Waals surface area contributed by atoms with Crippen LogP contribution in [-0.2, 0) is 76.1 Å². The molecule has 270 valence electrons. The zero-order valence-electron chi connectivity index (χ0n) is 27.8. The van der Waals surface area contributed by atoms with Gasteiger partial charge in [0.1, 0.15) is 17.4 Å². The molecule has 0 spiro atoms. The molecule has 0 radical (unpaired) electrons. The van der Waals surface area contributed by atoms with E-state index in [0.717, 1.165) is 48.7 Å². The smallest absolute Gasteiger partial charge is 0.341 e. The predicted molar refractivity (Wildman–Crippen MR) is 156 cm³/mol. The predicted octanol–water partition coefficient (Wildman–Crippen LogP) is 0.540. The summed E-state index contributed by atoms with van der Waals surface area (Å²) in [5.74, 6) is -5.76. The van der Waals surface area contributed by atoms with Crippen LogP contribution in [0.1, 0.15) is 51.9 Å². The molecule has 0 N–H and O–H groups in total. The lowest BCUT2D eigenvalue weighted by Gasteiger charge is -2.45. The van der Waals surface area contributed by atoms with E-state index in [1.54, 1.807) is 0 Å². The Hall–Kier alpha value is -4.81.